The zero-order chi connectivity index (χ0) is 18.0. The first kappa shape index (κ1) is 17.1. The molecule has 3 heterocycles. The van der Waals surface area contributed by atoms with Crippen LogP contribution in [0.1, 0.15) is 41.1 Å². The van der Waals surface area contributed by atoms with E-state index in [1.165, 1.54) is 0 Å². The van der Waals surface area contributed by atoms with Gasteiger partial charge in [-0.15, -0.1) is 0 Å². The maximum absolute atomic E-state index is 12.4. The lowest BCUT2D eigenvalue weighted by atomic mass is 9.94. The number of hydrogen-bond donors (Lipinski definition) is 1. The van der Waals surface area contributed by atoms with Gasteiger partial charge in [-0.1, -0.05) is 6.07 Å². The quantitative estimate of drug-likeness (QED) is 0.893. The average molecular weight is 341 g/mol. The summed E-state index contributed by atoms with van der Waals surface area (Å²) in [5.74, 6) is -0.0302. The lowest BCUT2D eigenvalue weighted by Gasteiger charge is -2.27. The number of rotatable bonds is 5. The summed E-state index contributed by atoms with van der Waals surface area (Å²) in [5, 5.41) is 7.16. The second-order valence-electron chi connectivity index (χ2n) is 6.38. The molecule has 25 heavy (non-hydrogen) atoms. The summed E-state index contributed by atoms with van der Waals surface area (Å²) in [5.41, 5.74) is 2.33. The molecule has 7 nitrogen and oxygen atoms in total. The molecular weight excluding hydrogens is 318 g/mol. The molecule has 2 aromatic heterocycles. The van der Waals surface area contributed by atoms with Gasteiger partial charge in [-0.3, -0.25) is 19.3 Å². The van der Waals surface area contributed by atoms with E-state index >= 15 is 0 Å². The van der Waals surface area contributed by atoms with Crippen molar-refractivity contribution in [2.75, 3.05) is 13.1 Å². The van der Waals surface area contributed by atoms with E-state index < -0.39 is 0 Å². The van der Waals surface area contributed by atoms with Crippen LogP contribution >= 0.6 is 0 Å². The highest BCUT2D eigenvalue weighted by atomic mass is 16.2. The molecule has 1 fully saturated rings. The van der Waals surface area contributed by atoms with Crippen molar-refractivity contribution >= 4 is 11.8 Å². The summed E-state index contributed by atoms with van der Waals surface area (Å²) >= 11 is 0. The van der Waals surface area contributed by atoms with Gasteiger partial charge in [0.2, 0.25) is 5.91 Å². The summed E-state index contributed by atoms with van der Waals surface area (Å²) in [6, 6.07) is 5.56. The van der Waals surface area contributed by atoms with Gasteiger partial charge in [-0.2, -0.15) is 5.10 Å². The Kier molecular flexibility index (Phi) is 4.83. The van der Waals surface area contributed by atoms with E-state index in [1.807, 2.05) is 30.9 Å². The fourth-order valence-corrected chi connectivity index (χ4v) is 3.56. The maximum Gasteiger partial charge on any atom is 0.269 e. The number of amides is 2. The topological polar surface area (TPSA) is 80.1 Å². The molecule has 0 saturated carbocycles. The molecule has 0 bridgehead atoms. The van der Waals surface area contributed by atoms with E-state index in [2.05, 4.69) is 15.4 Å². The molecule has 2 atom stereocenters. The first-order chi connectivity index (χ1) is 12.0. The lowest BCUT2D eigenvalue weighted by Crippen LogP contribution is -2.34. The Morgan fingerprint density at radius 2 is 2.24 bits per heavy atom. The van der Waals surface area contributed by atoms with E-state index in [1.54, 1.807) is 30.2 Å². The number of aromatic nitrogens is 3. The van der Waals surface area contributed by atoms with E-state index in [4.69, 9.17) is 0 Å². The van der Waals surface area contributed by atoms with Crippen molar-refractivity contribution in [3.63, 3.8) is 0 Å². The minimum absolute atomic E-state index is 0.0231. The molecule has 0 unspecified atom stereocenters. The Balaban J connectivity index is 1.75. The summed E-state index contributed by atoms with van der Waals surface area (Å²) in [6.07, 6.45) is 3.95. The fraction of sp³-hybridized carbons (Fsp3) is 0.444. The van der Waals surface area contributed by atoms with Crippen molar-refractivity contribution in [3.05, 3.63) is 47.5 Å². The van der Waals surface area contributed by atoms with Gasteiger partial charge in [0.15, 0.2) is 0 Å². The molecule has 0 spiro atoms. The van der Waals surface area contributed by atoms with Crippen LogP contribution in [0.25, 0.3) is 0 Å². The molecule has 0 aromatic carbocycles. The minimum atomic E-state index is -0.171. The van der Waals surface area contributed by atoms with Gasteiger partial charge in [-0.25, -0.2) is 0 Å². The second-order valence-corrected chi connectivity index (χ2v) is 6.38. The highest BCUT2D eigenvalue weighted by Crippen LogP contribution is 2.37. The minimum Gasteiger partial charge on any atom is -0.350 e. The summed E-state index contributed by atoms with van der Waals surface area (Å²) in [7, 11) is 1.75. The smallest absolute Gasteiger partial charge is 0.269 e. The van der Waals surface area contributed by atoms with Crippen LogP contribution in [0.5, 0.6) is 0 Å². The Morgan fingerprint density at radius 1 is 1.44 bits per heavy atom. The molecule has 1 N–H and O–H groups in total. The number of pyridine rings is 1. The van der Waals surface area contributed by atoms with Gasteiger partial charge >= 0.3 is 0 Å². The third kappa shape index (κ3) is 3.40. The van der Waals surface area contributed by atoms with Crippen LogP contribution in [-0.2, 0) is 11.8 Å². The molecule has 7 heteroatoms. The number of carbonyl (C=O) groups is 2. The summed E-state index contributed by atoms with van der Waals surface area (Å²) in [4.78, 5) is 30.8. The number of aryl methyl sites for hydroxylation is 2. The Morgan fingerprint density at radius 3 is 2.84 bits per heavy atom. The molecule has 2 aromatic rings. The van der Waals surface area contributed by atoms with Crippen LogP contribution in [-0.4, -0.2) is 44.6 Å². The predicted molar refractivity (Wildman–Crippen MR) is 92.8 cm³/mol. The molecular formula is C18H23N5O2. The van der Waals surface area contributed by atoms with Gasteiger partial charge in [0.05, 0.1) is 11.7 Å². The van der Waals surface area contributed by atoms with Crippen molar-refractivity contribution < 1.29 is 9.59 Å². The molecule has 2 amide bonds. The predicted octanol–water partition coefficient (Wildman–Crippen LogP) is 1.46. The van der Waals surface area contributed by atoms with Gasteiger partial charge < -0.3 is 10.2 Å². The van der Waals surface area contributed by atoms with E-state index in [-0.39, 0.29) is 23.8 Å². The van der Waals surface area contributed by atoms with Crippen LogP contribution in [0.15, 0.2) is 30.6 Å². The zero-order valence-electron chi connectivity index (χ0n) is 14.8. The third-order valence-corrected chi connectivity index (χ3v) is 4.67. The fourth-order valence-electron chi connectivity index (χ4n) is 3.56. The van der Waals surface area contributed by atoms with Crippen LogP contribution in [0.4, 0.5) is 0 Å². The van der Waals surface area contributed by atoms with E-state index in [9.17, 15) is 9.59 Å². The first-order valence-corrected chi connectivity index (χ1v) is 8.49. The second kappa shape index (κ2) is 7.04. The van der Waals surface area contributed by atoms with Crippen LogP contribution < -0.4 is 5.32 Å². The van der Waals surface area contributed by atoms with E-state index in [0.29, 0.717) is 25.2 Å². The number of hydrogen-bond acceptors (Lipinski definition) is 4. The van der Waals surface area contributed by atoms with Gasteiger partial charge in [0, 0.05) is 44.9 Å². The summed E-state index contributed by atoms with van der Waals surface area (Å²) in [6.45, 7) is 4.90. The molecule has 0 aliphatic carbocycles. The Labute approximate surface area is 147 Å². The molecule has 1 aliphatic heterocycles. The van der Waals surface area contributed by atoms with Crippen LogP contribution in [0, 0.1) is 12.8 Å². The van der Waals surface area contributed by atoms with Crippen molar-refractivity contribution in [1.29, 1.82) is 0 Å². The number of nitrogens with zero attached hydrogens (tertiary/aromatic N) is 4. The Bertz CT molecular complexity index is 771. The van der Waals surface area contributed by atoms with Gasteiger partial charge in [-0.05, 0) is 31.5 Å². The lowest BCUT2D eigenvalue weighted by molar-refractivity contribution is -0.128. The van der Waals surface area contributed by atoms with Gasteiger partial charge in [0.25, 0.3) is 5.91 Å². The van der Waals surface area contributed by atoms with Crippen molar-refractivity contribution in [1.82, 2.24) is 25.0 Å². The highest BCUT2D eigenvalue weighted by Gasteiger charge is 2.39. The summed E-state index contributed by atoms with van der Waals surface area (Å²) < 4.78 is 1.57. The number of likely N-dealkylation sites (tertiary alicyclic amines) is 1. The zero-order valence-corrected chi connectivity index (χ0v) is 14.8. The first-order valence-electron chi connectivity index (χ1n) is 8.49. The maximum atomic E-state index is 12.4. The third-order valence-electron chi connectivity index (χ3n) is 4.67. The monoisotopic (exact) mass is 341 g/mol. The number of carbonyl (C=O) groups excluding carboxylic acids is 2. The van der Waals surface area contributed by atoms with Gasteiger partial charge in [0.1, 0.15) is 5.69 Å². The average Bonchev–Trinajstić information content (AvgIpc) is 3.11. The largest absolute Gasteiger partial charge is 0.350 e. The Hall–Kier alpha value is -2.70. The normalized spacial score (nSPS) is 20.1. The number of nitrogens with one attached hydrogen (secondary N) is 1. The molecule has 3 rings (SSSR count). The highest BCUT2D eigenvalue weighted by molar-refractivity contribution is 5.92. The standard InChI is InChI=1S/C18H23N5O2/c1-4-23-16(24)9-14(17(23)13-6-5-7-19-10-13)11-20-18(25)15-8-12(2)21-22(15)3/h5-8,10,14,17H,4,9,11H2,1-3H3,(H,20,25)/t14-,17-/m0/s1. The van der Waals surface area contributed by atoms with Crippen LogP contribution in [0.2, 0.25) is 0 Å². The van der Waals surface area contributed by atoms with Crippen molar-refractivity contribution in [2.45, 2.75) is 26.3 Å². The van der Waals surface area contributed by atoms with E-state index in [0.717, 1.165) is 11.3 Å². The van der Waals surface area contributed by atoms with Crippen molar-refractivity contribution in [3.8, 4) is 0 Å². The molecule has 1 saturated heterocycles. The molecule has 132 valence electrons. The molecule has 0 radical (unpaired) electrons. The SMILES string of the molecule is CCN1C(=O)C[C@@H](CNC(=O)c2cc(C)nn2C)[C@@H]1c1cccnc1. The molecule has 1 aliphatic rings. The van der Waals surface area contributed by atoms with Crippen LogP contribution in [0.3, 0.4) is 0 Å². The van der Waals surface area contributed by atoms with Crippen molar-refractivity contribution in [2.24, 2.45) is 13.0 Å².